The lowest BCUT2D eigenvalue weighted by Crippen LogP contribution is -2.18. The lowest BCUT2D eigenvalue weighted by Gasteiger charge is -2.19. The van der Waals surface area contributed by atoms with Gasteiger partial charge in [-0.1, -0.05) is 30.3 Å². The minimum absolute atomic E-state index is 0.662. The molecule has 0 aliphatic rings. The Kier molecular flexibility index (Phi) is 5.76. The van der Waals surface area contributed by atoms with Crippen molar-refractivity contribution in [2.45, 2.75) is 13.5 Å². The first-order valence-corrected chi connectivity index (χ1v) is 8.69. The van der Waals surface area contributed by atoms with E-state index < -0.39 is 0 Å². The van der Waals surface area contributed by atoms with Crippen LogP contribution in [-0.2, 0) is 6.54 Å². The zero-order valence-electron chi connectivity index (χ0n) is 16.1. The molecular weight excluding hydrogens is 340 g/mol. The van der Waals surface area contributed by atoms with E-state index >= 15 is 0 Å². The molecule has 0 amide bonds. The van der Waals surface area contributed by atoms with Crippen molar-refractivity contribution >= 4 is 17.3 Å². The van der Waals surface area contributed by atoms with Crippen LogP contribution < -0.4 is 19.7 Å². The van der Waals surface area contributed by atoms with Crippen molar-refractivity contribution in [1.29, 1.82) is 0 Å². The van der Waals surface area contributed by atoms with Crippen LogP contribution in [0.2, 0.25) is 0 Å². The van der Waals surface area contributed by atoms with Gasteiger partial charge in [-0.25, -0.2) is 9.97 Å². The van der Waals surface area contributed by atoms with Crippen molar-refractivity contribution in [3.63, 3.8) is 0 Å². The van der Waals surface area contributed by atoms with E-state index in [0.717, 1.165) is 23.9 Å². The molecule has 0 radical (unpaired) electrons. The van der Waals surface area contributed by atoms with Gasteiger partial charge in [0.1, 0.15) is 17.5 Å². The Morgan fingerprint density at radius 2 is 1.67 bits per heavy atom. The summed E-state index contributed by atoms with van der Waals surface area (Å²) in [7, 11) is 5.26. The van der Waals surface area contributed by atoms with E-state index in [9.17, 15) is 0 Å². The summed E-state index contributed by atoms with van der Waals surface area (Å²) in [6.07, 6.45) is 0. The van der Waals surface area contributed by atoms with Crippen LogP contribution in [0, 0.1) is 6.92 Å². The summed E-state index contributed by atoms with van der Waals surface area (Å²) in [5, 5.41) is 3.32. The van der Waals surface area contributed by atoms with Crippen LogP contribution in [-0.4, -0.2) is 31.2 Å². The summed E-state index contributed by atoms with van der Waals surface area (Å²) in [5.74, 6) is 3.63. The molecule has 0 saturated heterocycles. The number of aromatic nitrogens is 2. The van der Waals surface area contributed by atoms with Gasteiger partial charge in [-0.05, 0) is 24.6 Å². The fraction of sp³-hybridized carbons (Fsp3) is 0.238. The molecule has 3 aromatic rings. The topological polar surface area (TPSA) is 59.5 Å². The minimum atomic E-state index is 0.662. The quantitative estimate of drug-likeness (QED) is 0.679. The summed E-state index contributed by atoms with van der Waals surface area (Å²) in [6.45, 7) is 2.66. The second-order valence-corrected chi connectivity index (χ2v) is 6.20. The van der Waals surface area contributed by atoms with Crippen LogP contribution in [0.4, 0.5) is 17.3 Å². The highest BCUT2D eigenvalue weighted by atomic mass is 16.5. The molecule has 27 heavy (non-hydrogen) atoms. The van der Waals surface area contributed by atoms with Crippen molar-refractivity contribution in [2.24, 2.45) is 0 Å². The van der Waals surface area contributed by atoms with E-state index in [2.05, 4.69) is 32.3 Å². The monoisotopic (exact) mass is 364 g/mol. The highest BCUT2D eigenvalue weighted by Crippen LogP contribution is 2.31. The molecule has 0 atom stereocenters. The number of nitrogens with one attached hydrogen (secondary N) is 1. The Labute approximate surface area is 159 Å². The molecular formula is C21H24N4O2. The maximum absolute atomic E-state index is 5.36. The Bertz CT molecular complexity index is 900. The Morgan fingerprint density at radius 3 is 2.37 bits per heavy atom. The Hall–Kier alpha value is -3.28. The number of hydrogen-bond acceptors (Lipinski definition) is 6. The van der Waals surface area contributed by atoms with Crippen LogP contribution in [0.1, 0.15) is 11.4 Å². The summed E-state index contributed by atoms with van der Waals surface area (Å²) >= 11 is 0. The van der Waals surface area contributed by atoms with E-state index in [1.165, 1.54) is 5.56 Å². The van der Waals surface area contributed by atoms with E-state index in [-0.39, 0.29) is 0 Å². The van der Waals surface area contributed by atoms with Crippen molar-refractivity contribution in [2.75, 3.05) is 31.5 Å². The van der Waals surface area contributed by atoms with Gasteiger partial charge in [0.2, 0.25) is 0 Å². The van der Waals surface area contributed by atoms with Gasteiger partial charge in [-0.3, -0.25) is 0 Å². The third kappa shape index (κ3) is 4.67. The molecule has 0 spiro atoms. The zero-order valence-corrected chi connectivity index (χ0v) is 16.1. The molecule has 0 saturated carbocycles. The number of ether oxygens (including phenoxy) is 2. The number of hydrogen-bond donors (Lipinski definition) is 1. The maximum atomic E-state index is 5.36. The standard InChI is InChI=1S/C21H24N4O2/c1-15-22-20(24-17-10-11-18(26-3)19(12-17)27-4)13-21(23-15)25(2)14-16-8-6-5-7-9-16/h5-13H,14H2,1-4H3,(H,22,23,24). The van der Waals surface area contributed by atoms with Crippen molar-refractivity contribution < 1.29 is 9.47 Å². The van der Waals surface area contributed by atoms with E-state index in [0.29, 0.717) is 17.3 Å². The van der Waals surface area contributed by atoms with E-state index in [1.807, 2.05) is 56.4 Å². The SMILES string of the molecule is COc1ccc(Nc2cc(N(C)Cc3ccccc3)nc(C)n2)cc1OC. The largest absolute Gasteiger partial charge is 0.493 e. The number of aryl methyl sites for hydroxylation is 1. The van der Waals surface area contributed by atoms with Crippen LogP contribution in [0.3, 0.4) is 0 Å². The number of benzene rings is 2. The average molecular weight is 364 g/mol. The van der Waals surface area contributed by atoms with Gasteiger partial charge in [0.15, 0.2) is 11.5 Å². The summed E-state index contributed by atoms with van der Waals surface area (Å²) < 4.78 is 10.6. The third-order valence-electron chi connectivity index (χ3n) is 4.13. The summed E-state index contributed by atoms with van der Waals surface area (Å²) in [5.41, 5.74) is 2.09. The molecule has 0 aliphatic carbocycles. The third-order valence-corrected chi connectivity index (χ3v) is 4.13. The average Bonchev–Trinajstić information content (AvgIpc) is 2.68. The fourth-order valence-corrected chi connectivity index (χ4v) is 2.81. The van der Waals surface area contributed by atoms with Gasteiger partial charge in [0, 0.05) is 31.4 Å². The normalized spacial score (nSPS) is 10.4. The van der Waals surface area contributed by atoms with Crippen molar-refractivity contribution in [1.82, 2.24) is 9.97 Å². The first-order chi connectivity index (χ1) is 13.1. The number of anilines is 3. The molecule has 2 aromatic carbocycles. The highest BCUT2D eigenvalue weighted by Gasteiger charge is 2.09. The van der Waals surface area contributed by atoms with Crippen LogP contribution in [0.25, 0.3) is 0 Å². The number of rotatable bonds is 7. The predicted molar refractivity (Wildman–Crippen MR) is 108 cm³/mol. The predicted octanol–water partition coefficient (Wildman–Crippen LogP) is 4.18. The van der Waals surface area contributed by atoms with Gasteiger partial charge in [0.25, 0.3) is 0 Å². The van der Waals surface area contributed by atoms with E-state index in [4.69, 9.17) is 9.47 Å². The molecule has 140 valence electrons. The second kappa shape index (κ2) is 8.40. The van der Waals surface area contributed by atoms with Gasteiger partial charge < -0.3 is 19.7 Å². The van der Waals surface area contributed by atoms with Gasteiger partial charge in [-0.2, -0.15) is 0 Å². The van der Waals surface area contributed by atoms with Gasteiger partial charge in [-0.15, -0.1) is 0 Å². The molecule has 1 aromatic heterocycles. The Balaban J connectivity index is 1.81. The first kappa shape index (κ1) is 18.5. The molecule has 1 heterocycles. The smallest absolute Gasteiger partial charge is 0.162 e. The lowest BCUT2D eigenvalue weighted by molar-refractivity contribution is 0.355. The van der Waals surface area contributed by atoms with E-state index in [1.54, 1.807) is 14.2 Å². The summed E-state index contributed by atoms with van der Waals surface area (Å²) in [6, 6.07) is 17.9. The minimum Gasteiger partial charge on any atom is -0.493 e. The number of nitrogens with zero attached hydrogens (tertiary/aromatic N) is 3. The Morgan fingerprint density at radius 1 is 0.926 bits per heavy atom. The molecule has 0 aliphatic heterocycles. The lowest BCUT2D eigenvalue weighted by atomic mass is 10.2. The highest BCUT2D eigenvalue weighted by molar-refractivity contribution is 5.63. The fourth-order valence-electron chi connectivity index (χ4n) is 2.81. The number of methoxy groups -OCH3 is 2. The van der Waals surface area contributed by atoms with Gasteiger partial charge in [0.05, 0.1) is 14.2 Å². The molecule has 6 nitrogen and oxygen atoms in total. The van der Waals surface area contributed by atoms with Crippen LogP contribution >= 0.6 is 0 Å². The summed E-state index contributed by atoms with van der Waals surface area (Å²) in [4.78, 5) is 11.2. The zero-order chi connectivity index (χ0) is 19.2. The molecule has 3 rings (SSSR count). The first-order valence-electron chi connectivity index (χ1n) is 8.69. The maximum Gasteiger partial charge on any atom is 0.162 e. The second-order valence-electron chi connectivity index (χ2n) is 6.20. The molecule has 1 N–H and O–H groups in total. The molecule has 0 bridgehead atoms. The molecule has 0 fully saturated rings. The van der Waals surface area contributed by atoms with Gasteiger partial charge >= 0.3 is 0 Å². The van der Waals surface area contributed by atoms with Crippen LogP contribution in [0.5, 0.6) is 11.5 Å². The molecule has 0 unspecified atom stereocenters. The van der Waals surface area contributed by atoms with Crippen molar-refractivity contribution in [3.05, 3.63) is 66.0 Å². The van der Waals surface area contributed by atoms with Crippen molar-refractivity contribution in [3.8, 4) is 11.5 Å². The van der Waals surface area contributed by atoms with Crippen LogP contribution in [0.15, 0.2) is 54.6 Å². The molecule has 6 heteroatoms.